The first kappa shape index (κ1) is 20.2. The molecule has 1 amide bonds. The molecule has 0 bridgehead atoms. The number of carbonyl (C=O) groups is 1. The lowest BCUT2D eigenvalue weighted by atomic mass is 9.82. The molecule has 5 nitrogen and oxygen atoms in total. The van der Waals surface area contributed by atoms with E-state index in [9.17, 15) is 15.0 Å². The van der Waals surface area contributed by atoms with Gasteiger partial charge in [-0.15, -0.1) is 0 Å². The third-order valence-corrected chi connectivity index (χ3v) is 4.46. The molecule has 0 aromatic heterocycles. The summed E-state index contributed by atoms with van der Waals surface area (Å²) in [6.45, 7) is 9.14. The van der Waals surface area contributed by atoms with Crippen molar-refractivity contribution in [2.45, 2.75) is 97.0 Å². The molecule has 0 spiro atoms. The third kappa shape index (κ3) is 7.53. The first-order valence-electron chi connectivity index (χ1n) is 8.96. The van der Waals surface area contributed by atoms with Crippen LogP contribution in [0.4, 0.5) is 4.79 Å². The van der Waals surface area contributed by atoms with Crippen LogP contribution in [0.2, 0.25) is 0 Å². The molecule has 1 rings (SSSR count). The highest BCUT2D eigenvalue weighted by atomic mass is 16.6. The molecule has 136 valence electrons. The third-order valence-electron chi connectivity index (χ3n) is 4.46. The van der Waals surface area contributed by atoms with E-state index in [0.29, 0.717) is 12.3 Å². The van der Waals surface area contributed by atoms with Gasteiger partial charge in [0.25, 0.3) is 0 Å². The van der Waals surface area contributed by atoms with Gasteiger partial charge in [-0.05, 0) is 39.0 Å². The Morgan fingerprint density at radius 2 is 1.70 bits per heavy atom. The van der Waals surface area contributed by atoms with Crippen molar-refractivity contribution in [1.29, 1.82) is 0 Å². The van der Waals surface area contributed by atoms with Gasteiger partial charge in [0.1, 0.15) is 11.7 Å². The van der Waals surface area contributed by atoms with E-state index in [1.807, 2.05) is 34.6 Å². The molecule has 0 heterocycles. The maximum Gasteiger partial charge on any atom is 0.407 e. The first-order valence-corrected chi connectivity index (χ1v) is 8.96. The molecule has 0 radical (unpaired) electrons. The molecule has 1 unspecified atom stereocenters. The van der Waals surface area contributed by atoms with Gasteiger partial charge in [-0.3, -0.25) is 0 Å². The number of aliphatic hydroxyl groups is 2. The second-order valence-corrected chi connectivity index (χ2v) is 8.22. The molecular formula is C18H35NO4. The highest BCUT2D eigenvalue weighted by molar-refractivity contribution is 5.68. The standard InChI is InChI=1S/C18H35NO4/c1-12(2)15(20)16(21)14(11-13-9-7-6-8-10-13)19-17(22)23-18(3,4)5/h12-16,20-21H,6-11H2,1-5H3,(H,19,22)/t14-,15?,16+/m0/s1. The summed E-state index contributed by atoms with van der Waals surface area (Å²) >= 11 is 0. The SMILES string of the molecule is CC(C)C(O)[C@H](O)[C@H](CC1CCCCC1)NC(=O)OC(C)(C)C. The summed E-state index contributed by atoms with van der Waals surface area (Å²) in [7, 11) is 0. The molecule has 0 aliphatic heterocycles. The maximum absolute atomic E-state index is 12.1. The zero-order valence-corrected chi connectivity index (χ0v) is 15.3. The van der Waals surface area contributed by atoms with E-state index in [0.717, 1.165) is 12.8 Å². The molecule has 5 heteroatoms. The van der Waals surface area contributed by atoms with Crippen molar-refractivity contribution >= 4 is 6.09 Å². The summed E-state index contributed by atoms with van der Waals surface area (Å²) in [4.78, 5) is 12.1. The van der Waals surface area contributed by atoms with E-state index in [1.165, 1.54) is 19.3 Å². The monoisotopic (exact) mass is 329 g/mol. The number of amides is 1. The Bertz CT molecular complexity index is 359. The van der Waals surface area contributed by atoms with Crippen molar-refractivity contribution in [2.24, 2.45) is 11.8 Å². The normalized spacial score (nSPS) is 20.9. The number of rotatable bonds is 6. The van der Waals surface area contributed by atoms with Crippen LogP contribution in [0.25, 0.3) is 0 Å². The fourth-order valence-electron chi connectivity index (χ4n) is 3.16. The van der Waals surface area contributed by atoms with Crippen LogP contribution in [-0.2, 0) is 4.74 Å². The molecule has 1 fully saturated rings. The Morgan fingerprint density at radius 1 is 1.13 bits per heavy atom. The molecule has 1 aliphatic rings. The van der Waals surface area contributed by atoms with Crippen molar-refractivity contribution in [2.75, 3.05) is 0 Å². The minimum absolute atomic E-state index is 0.0701. The van der Waals surface area contributed by atoms with Gasteiger partial charge in [0.05, 0.1) is 12.1 Å². The summed E-state index contributed by atoms with van der Waals surface area (Å²) in [6.07, 6.45) is 4.21. The van der Waals surface area contributed by atoms with Gasteiger partial charge in [0.15, 0.2) is 0 Å². The number of ether oxygens (including phenoxy) is 1. The summed E-state index contributed by atoms with van der Waals surface area (Å²) < 4.78 is 5.30. The van der Waals surface area contributed by atoms with E-state index in [1.54, 1.807) is 0 Å². The average molecular weight is 329 g/mol. The van der Waals surface area contributed by atoms with Crippen molar-refractivity contribution in [3.05, 3.63) is 0 Å². The summed E-state index contributed by atoms with van der Waals surface area (Å²) in [5.74, 6) is 0.414. The van der Waals surface area contributed by atoms with Crippen LogP contribution in [0.5, 0.6) is 0 Å². The molecule has 1 aliphatic carbocycles. The Kier molecular flexibility index (Phi) is 7.81. The second kappa shape index (κ2) is 8.88. The van der Waals surface area contributed by atoms with Crippen LogP contribution in [0.3, 0.4) is 0 Å². The van der Waals surface area contributed by atoms with Crippen LogP contribution in [0.1, 0.15) is 73.1 Å². The quantitative estimate of drug-likeness (QED) is 0.699. The van der Waals surface area contributed by atoms with E-state index < -0.39 is 29.9 Å². The van der Waals surface area contributed by atoms with Gasteiger partial charge in [0.2, 0.25) is 0 Å². The van der Waals surface area contributed by atoms with Gasteiger partial charge in [-0.2, -0.15) is 0 Å². The number of carbonyl (C=O) groups excluding carboxylic acids is 1. The van der Waals surface area contributed by atoms with Crippen molar-refractivity contribution in [1.82, 2.24) is 5.32 Å². The molecule has 3 atom stereocenters. The number of nitrogens with one attached hydrogen (secondary N) is 1. The van der Waals surface area contributed by atoms with Gasteiger partial charge >= 0.3 is 6.09 Å². The number of hydrogen-bond acceptors (Lipinski definition) is 4. The highest BCUT2D eigenvalue weighted by Gasteiger charge is 2.33. The molecular weight excluding hydrogens is 294 g/mol. The van der Waals surface area contributed by atoms with Crippen LogP contribution < -0.4 is 5.32 Å². The first-order chi connectivity index (χ1) is 10.6. The average Bonchev–Trinajstić information content (AvgIpc) is 2.44. The van der Waals surface area contributed by atoms with E-state index in [-0.39, 0.29) is 5.92 Å². The van der Waals surface area contributed by atoms with Crippen LogP contribution in [0.15, 0.2) is 0 Å². The van der Waals surface area contributed by atoms with E-state index in [4.69, 9.17) is 4.74 Å². The number of hydrogen-bond donors (Lipinski definition) is 3. The van der Waals surface area contributed by atoms with Gasteiger partial charge < -0.3 is 20.3 Å². The van der Waals surface area contributed by atoms with Gasteiger partial charge in [-0.25, -0.2) is 4.79 Å². The molecule has 23 heavy (non-hydrogen) atoms. The second-order valence-electron chi connectivity index (χ2n) is 8.22. The lowest BCUT2D eigenvalue weighted by Gasteiger charge is -2.33. The van der Waals surface area contributed by atoms with Crippen molar-refractivity contribution in [3.8, 4) is 0 Å². The maximum atomic E-state index is 12.1. The minimum atomic E-state index is -0.982. The lowest BCUT2D eigenvalue weighted by molar-refractivity contribution is -0.0355. The number of alkyl carbamates (subject to hydrolysis) is 1. The zero-order valence-electron chi connectivity index (χ0n) is 15.3. The topological polar surface area (TPSA) is 78.8 Å². The fourth-order valence-corrected chi connectivity index (χ4v) is 3.16. The zero-order chi connectivity index (χ0) is 17.6. The van der Waals surface area contributed by atoms with Crippen LogP contribution in [0, 0.1) is 11.8 Å². The largest absolute Gasteiger partial charge is 0.444 e. The molecule has 0 aromatic carbocycles. The molecule has 0 aromatic rings. The minimum Gasteiger partial charge on any atom is -0.444 e. The van der Waals surface area contributed by atoms with E-state index in [2.05, 4.69) is 5.32 Å². The fraction of sp³-hybridized carbons (Fsp3) is 0.944. The Hall–Kier alpha value is -0.810. The van der Waals surface area contributed by atoms with Gasteiger partial charge in [-0.1, -0.05) is 46.0 Å². The smallest absolute Gasteiger partial charge is 0.407 e. The van der Waals surface area contributed by atoms with Gasteiger partial charge in [0, 0.05) is 0 Å². The van der Waals surface area contributed by atoms with Crippen molar-refractivity contribution in [3.63, 3.8) is 0 Å². The summed E-state index contributed by atoms with van der Waals surface area (Å²) in [5.41, 5.74) is -0.582. The molecule has 0 saturated heterocycles. The predicted octanol–water partition coefficient (Wildman–Crippen LogP) is 3.23. The number of aliphatic hydroxyl groups excluding tert-OH is 2. The Morgan fingerprint density at radius 3 is 2.17 bits per heavy atom. The van der Waals surface area contributed by atoms with E-state index >= 15 is 0 Å². The van der Waals surface area contributed by atoms with Crippen molar-refractivity contribution < 1.29 is 19.7 Å². The Balaban J connectivity index is 2.72. The summed E-state index contributed by atoms with van der Waals surface area (Å²) in [5, 5.41) is 23.5. The lowest BCUT2D eigenvalue weighted by Crippen LogP contribution is -2.51. The van der Waals surface area contributed by atoms with Crippen LogP contribution >= 0.6 is 0 Å². The molecule has 1 saturated carbocycles. The molecule has 3 N–H and O–H groups in total. The predicted molar refractivity (Wildman–Crippen MR) is 91.2 cm³/mol. The Labute approximate surface area is 140 Å². The van der Waals surface area contributed by atoms with Crippen LogP contribution in [-0.4, -0.2) is 40.2 Å². The summed E-state index contributed by atoms with van der Waals surface area (Å²) in [6, 6.07) is -0.481. The highest BCUT2D eigenvalue weighted by Crippen LogP contribution is 2.29.